The lowest BCUT2D eigenvalue weighted by Crippen LogP contribution is -2.37. The van der Waals surface area contributed by atoms with Crippen LogP contribution in [0.25, 0.3) is 0 Å². The third-order valence-corrected chi connectivity index (χ3v) is 4.23. The van der Waals surface area contributed by atoms with Gasteiger partial charge in [-0.1, -0.05) is 26.0 Å². The number of rotatable bonds is 8. The third kappa shape index (κ3) is 4.22. The molecule has 0 aliphatic heterocycles. The van der Waals surface area contributed by atoms with E-state index in [2.05, 4.69) is 38.2 Å². The van der Waals surface area contributed by atoms with Crippen molar-refractivity contribution >= 4 is 0 Å². The lowest BCUT2D eigenvalue weighted by atomic mass is 9.83. The van der Waals surface area contributed by atoms with Crippen LogP contribution in [0.4, 0.5) is 0 Å². The fourth-order valence-electron chi connectivity index (χ4n) is 2.16. The maximum Gasteiger partial charge on any atom is 0.118 e. The molecule has 0 amide bonds. The Morgan fingerprint density at radius 2 is 1.79 bits per heavy atom. The van der Waals surface area contributed by atoms with Gasteiger partial charge in [0.1, 0.15) is 5.75 Å². The standard InChI is InChI=1S/C16H27NO2/c1-5-16(6-2,12-18)11-17-13(3)14-7-9-15(19-4)10-8-14/h7-10,13,17-18H,5-6,11-12H2,1-4H3/t13-/m0/s1. The van der Waals surface area contributed by atoms with E-state index < -0.39 is 0 Å². The molecule has 0 aliphatic rings. The summed E-state index contributed by atoms with van der Waals surface area (Å²) < 4.78 is 5.16. The molecule has 1 aromatic rings. The summed E-state index contributed by atoms with van der Waals surface area (Å²) in [6, 6.07) is 8.39. The van der Waals surface area contributed by atoms with E-state index in [0.717, 1.165) is 25.1 Å². The lowest BCUT2D eigenvalue weighted by molar-refractivity contribution is 0.110. The summed E-state index contributed by atoms with van der Waals surface area (Å²) in [5.41, 5.74) is 1.24. The molecule has 0 fully saturated rings. The van der Waals surface area contributed by atoms with E-state index in [4.69, 9.17) is 4.74 Å². The largest absolute Gasteiger partial charge is 0.497 e. The predicted molar refractivity (Wildman–Crippen MR) is 79.5 cm³/mol. The number of ether oxygens (including phenoxy) is 1. The van der Waals surface area contributed by atoms with Crippen molar-refractivity contribution in [3.63, 3.8) is 0 Å². The van der Waals surface area contributed by atoms with E-state index in [-0.39, 0.29) is 18.1 Å². The molecule has 0 heterocycles. The van der Waals surface area contributed by atoms with Gasteiger partial charge in [-0.3, -0.25) is 0 Å². The fraction of sp³-hybridized carbons (Fsp3) is 0.625. The zero-order chi connectivity index (χ0) is 14.3. The van der Waals surface area contributed by atoms with Crippen LogP contribution in [0.5, 0.6) is 5.75 Å². The Morgan fingerprint density at radius 3 is 2.21 bits per heavy atom. The van der Waals surface area contributed by atoms with Gasteiger partial charge in [0, 0.05) is 24.6 Å². The quantitative estimate of drug-likeness (QED) is 0.758. The SMILES string of the molecule is CCC(CC)(CO)CN[C@@H](C)c1ccc(OC)cc1. The molecule has 0 aliphatic carbocycles. The van der Waals surface area contributed by atoms with Gasteiger partial charge < -0.3 is 15.2 Å². The maximum atomic E-state index is 9.57. The molecule has 0 saturated carbocycles. The molecule has 19 heavy (non-hydrogen) atoms. The Labute approximate surface area is 117 Å². The van der Waals surface area contributed by atoms with Crippen LogP contribution in [0.1, 0.15) is 45.2 Å². The van der Waals surface area contributed by atoms with E-state index in [1.165, 1.54) is 5.56 Å². The maximum absolute atomic E-state index is 9.57. The molecule has 1 rings (SSSR count). The van der Waals surface area contributed by atoms with Crippen LogP contribution in [0.3, 0.4) is 0 Å². The Balaban J connectivity index is 2.60. The average molecular weight is 265 g/mol. The molecule has 3 nitrogen and oxygen atoms in total. The van der Waals surface area contributed by atoms with Crippen molar-refractivity contribution in [2.75, 3.05) is 20.3 Å². The fourth-order valence-corrected chi connectivity index (χ4v) is 2.16. The monoisotopic (exact) mass is 265 g/mol. The molecule has 0 radical (unpaired) electrons. The molecule has 108 valence electrons. The highest BCUT2D eigenvalue weighted by Crippen LogP contribution is 2.26. The van der Waals surface area contributed by atoms with Gasteiger partial charge in [0.05, 0.1) is 7.11 Å². The van der Waals surface area contributed by atoms with Gasteiger partial charge in [-0.05, 0) is 37.5 Å². The van der Waals surface area contributed by atoms with Crippen molar-refractivity contribution in [2.24, 2.45) is 5.41 Å². The van der Waals surface area contributed by atoms with Crippen LogP contribution >= 0.6 is 0 Å². The summed E-state index contributed by atoms with van der Waals surface area (Å²) in [7, 11) is 1.68. The van der Waals surface area contributed by atoms with Crippen LogP contribution in [0, 0.1) is 5.41 Å². The minimum Gasteiger partial charge on any atom is -0.497 e. The van der Waals surface area contributed by atoms with E-state index >= 15 is 0 Å². The summed E-state index contributed by atoms with van der Waals surface area (Å²) in [6.45, 7) is 7.50. The molecule has 0 saturated heterocycles. The second-order valence-corrected chi connectivity index (χ2v) is 5.24. The summed E-state index contributed by atoms with van der Waals surface area (Å²) in [5.74, 6) is 0.878. The van der Waals surface area contributed by atoms with E-state index in [9.17, 15) is 5.11 Å². The minimum atomic E-state index is 0.000725. The normalized spacial score (nSPS) is 13.3. The van der Waals surface area contributed by atoms with E-state index in [1.54, 1.807) is 7.11 Å². The van der Waals surface area contributed by atoms with Crippen LogP contribution < -0.4 is 10.1 Å². The summed E-state index contributed by atoms with van der Waals surface area (Å²) in [6.07, 6.45) is 1.98. The number of hydrogen-bond donors (Lipinski definition) is 2. The van der Waals surface area contributed by atoms with Crippen molar-refractivity contribution in [2.45, 2.75) is 39.7 Å². The van der Waals surface area contributed by atoms with Gasteiger partial charge in [0.15, 0.2) is 0 Å². The Morgan fingerprint density at radius 1 is 1.21 bits per heavy atom. The molecule has 0 bridgehead atoms. The second-order valence-electron chi connectivity index (χ2n) is 5.24. The van der Waals surface area contributed by atoms with Crippen molar-refractivity contribution in [3.8, 4) is 5.75 Å². The zero-order valence-corrected chi connectivity index (χ0v) is 12.6. The van der Waals surface area contributed by atoms with Gasteiger partial charge in [0.2, 0.25) is 0 Å². The first-order chi connectivity index (χ1) is 9.10. The molecule has 0 spiro atoms. The van der Waals surface area contributed by atoms with E-state index in [1.807, 2.05) is 12.1 Å². The molecule has 1 atom stereocenters. The van der Waals surface area contributed by atoms with Crippen molar-refractivity contribution < 1.29 is 9.84 Å². The lowest BCUT2D eigenvalue weighted by Gasteiger charge is -2.31. The summed E-state index contributed by atoms with van der Waals surface area (Å²) >= 11 is 0. The van der Waals surface area contributed by atoms with Gasteiger partial charge in [-0.15, -0.1) is 0 Å². The number of aliphatic hydroxyl groups excluding tert-OH is 1. The molecule has 0 unspecified atom stereocenters. The first-order valence-corrected chi connectivity index (χ1v) is 7.09. The van der Waals surface area contributed by atoms with Gasteiger partial charge in [-0.25, -0.2) is 0 Å². The van der Waals surface area contributed by atoms with Gasteiger partial charge >= 0.3 is 0 Å². The minimum absolute atomic E-state index is 0.000725. The molecular weight excluding hydrogens is 238 g/mol. The topological polar surface area (TPSA) is 41.5 Å². The van der Waals surface area contributed by atoms with Crippen molar-refractivity contribution in [3.05, 3.63) is 29.8 Å². The highest BCUT2D eigenvalue weighted by atomic mass is 16.5. The van der Waals surface area contributed by atoms with Crippen LogP contribution in [-0.4, -0.2) is 25.4 Å². The number of benzene rings is 1. The van der Waals surface area contributed by atoms with Gasteiger partial charge in [0.25, 0.3) is 0 Å². The molecule has 2 N–H and O–H groups in total. The van der Waals surface area contributed by atoms with Crippen molar-refractivity contribution in [1.29, 1.82) is 0 Å². The first kappa shape index (κ1) is 16.0. The first-order valence-electron chi connectivity index (χ1n) is 7.09. The molecule has 3 heteroatoms. The summed E-state index contributed by atoms with van der Waals surface area (Å²) in [4.78, 5) is 0. The van der Waals surface area contributed by atoms with Crippen LogP contribution in [-0.2, 0) is 0 Å². The molecule has 0 aromatic heterocycles. The van der Waals surface area contributed by atoms with Crippen LogP contribution in [0.15, 0.2) is 24.3 Å². The number of hydrogen-bond acceptors (Lipinski definition) is 3. The Kier molecular flexibility index (Phi) is 6.32. The smallest absolute Gasteiger partial charge is 0.118 e. The highest BCUT2D eigenvalue weighted by Gasteiger charge is 2.25. The molecule has 1 aromatic carbocycles. The Bertz CT molecular complexity index is 349. The van der Waals surface area contributed by atoms with Crippen molar-refractivity contribution in [1.82, 2.24) is 5.32 Å². The molecular formula is C16H27NO2. The third-order valence-electron chi connectivity index (χ3n) is 4.23. The van der Waals surface area contributed by atoms with Crippen LogP contribution in [0.2, 0.25) is 0 Å². The number of aliphatic hydroxyl groups is 1. The number of methoxy groups -OCH3 is 1. The second kappa shape index (κ2) is 7.51. The van der Waals surface area contributed by atoms with E-state index in [0.29, 0.717) is 0 Å². The highest BCUT2D eigenvalue weighted by molar-refractivity contribution is 5.28. The predicted octanol–water partition coefficient (Wildman–Crippen LogP) is 3.14. The summed E-state index contributed by atoms with van der Waals surface area (Å²) in [5, 5.41) is 13.1. The number of nitrogens with one attached hydrogen (secondary N) is 1. The average Bonchev–Trinajstić information content (AvgIpc) is 2.49. The van der Waals surface area contributed by atoms with Gasteiger partial charge in [-0.2, -0.15) is 0 Å². The zero-order valence-electron chi connectivity index (χ0n) is 12.6. The Hall–Kier alpha value is -1.06.